The molecule has 1 heterocycles. The maximum Gasteiger partial charge on any atom is 0.101 e. The highest BCUT2D eigenvalue weighted by atomic mass is 16.5. The minimum atomic E-state index is 0.699. The quantitative estimate of drug-likeness (QED) is 0.542. The fourth-order valence-electron chi connectivity index (χ4n) is 1.33. The van der Waals surface area contributed by atoms with Crippen LogP contribution in [0.4, 0.5) is 0 Å². The smallest absolute Gasteiger partial charge is 0.101 e. The van der Waals surface area contributed by atoms with Gasteiger partial charge >= 0.3 is 0 Å². The molecule has 3 nitrogen and oxygen atoms in total. The molecule has 0 atom stereocenters. The largest absolute Gasteiger partial charge is 0.370 e. The van der Waals surface area contributed by atoms with Crippen LogP contribution in [-0.2, 0) is 4.74 Å². The second-order valence-corrected chi connectivity index (χ2v) is 2.87. The topological polar surface area (TPSA) is 37.5 Å². The van der Waals surface area contributed by atoms with Crippen molar-refractivity contribution in [1.29, 1.82) is 5.26 Å². The van der Waals surface area contributed by atoms with Gasteiger partial charge in [-0.1, -0.05) is 0 Å². The Morgan fingerprint density at radius 1 is 1.36 bits per heavy atom. The number of quaternary nitrogens is 1. The standard InChI is InChI=1S/C8H14N2O/c9-3-1-2-4-10-5-7-11-8-6-10/h1-2,4-8H2/p+1. The summed E-state index contributed by atoms with van der Waals surface area (Å²) in [6.45, 7) is 5.15. The van der Waals surface area contributed by atoms with Gasteiger partial charge in [0.1, 0.15) is 13.1 Å². The summed E-state index contributed by atoms with van der Waals surface area (Å²) in [7, 11) is 0. The van der Waals surface area contributed by atoms with Crippen molar-refractivity contribution in [2.75, 3.05) is 32.8 Å². The number of morpholine rings is 1. The van der Waals surface area contributed by atoms with Crippen LogP contribution in [0.15, 0.2) is 0 Å². The van der Waals surface area contributed by atoms with E-state index in [1.165, 1.54) is 0 Å². The van der Waals surface area contributed by atoms with Crippen molar-refractivity contribution in [1.82, 2.24) is 0 Å². The molecule has 1 fully saturated rings. The molecule has 0 bridgehead atoms. The highest BCUT2D eigenvalue weighted by Crippen LogP contribution is 1.81. The summed E-state index contributed by atoms with van der Waals surface area (Å²) < 4.78 is 5.22. The van der Waals surface area contributed by atoms with Gasteiger partial charge in [-0.2, -0.15) is 5.26 Å². The second-order valence-electron chi connectivity index (χ2n) is 2.87. The Balaban J connectivity index is 2.01. The molecule has 3 heteroatoms. The Morgan fingerprint density at radius 2 is 2.09 bits per heavy atom. The molecule has 0 aliphatic carbocycles. The Kier molecular flexibility index (Phi) is 3.95. The van der Waals surface area contributed by atoms with Gasteiger partial charge in [0.25, 0.3) is 0 Å². The molecular formula is C8H15N2O+. The van der Waals surface area contributed by atoms with E-state index in [1.807, 2.05) is 0 Å². The third-order valence-corrected chi connectivity index (χ3v) is 2.02. The van der Waals surface area contributed by atoms with E-state index in [9.17, 15) is 0 Å². The first-order valence-corrected chi connectivity index (χ1v) is 4.22. The molecule has 1 saturated heterocycles. The van der Waals surface area contributed by atoms with Crippen LogP contribution in [0.2, 0.25) is 0 Å². The molecule has 0 spiro atoms. The maximum atomic E-state index is 8.31. The minimum Gasteiger partial charge on any atom is -0.370 e. The molecule has 0 aromatic carbocycles. The lowest BCUT2D eigenvalue weighted by atomic mass is 10.3. The number of nitrogens with one attached hydrogen (secondary N) is 1. The highest BCUT2D eigenvalue weighted by molar-refractivity contribution is 4.67. The molecule has 0 amide bonds. The predicted octanol–water partition coefficient (Wildman–Crippen LogP) is -0.795. The van der Waals surface area contributed by atoms with Crippen LogP contribution >= 0.6 is 0 Å². The van der Waals surface area contributed by atoms with Gasteiger partial charge in [0.2, 0.25) is 0 Å². The fraction of sp³-hybridized carbons (Fsp3) is 0.875. The zero-order chi connectivity index (χ0) is 7.94. The Bertz CT molecular complexity index is 136. The van der Waals surface area contributed by atoms with Gasteiger partial charge in [0.05, 0.1) is 25.8 Å². The SMILES string of the molecule is N#CCCC[NH+]1CCOCC1. The average Bonchev–Trinajstić information content (AvgIpc) is 2.07. The van der Waals surface area contributed by atoms with Crippen molar-refractivity contribution in [2.24, 2.45) is 0 Å². The van der Waals surface area contributed by atoms with Crippen LogP contribution in [-0.4, -0.2) is 32.8 Å². The van der Waals surface area contributed by atoms with E-state index in [0.29, 0.717) is 6.42 Å². The van der Waals surface area contributed by atoms with Gasteiger partial charge in [-0.15, -0.1) is 0 Å². The van der Waals surface area contributed by atoms with Gasteiger partial charge < -0.3 is 9.64 Å². The lowest BCUT2D eigenvalue weighted by Gasteiger charge is -2.23. The van der Waals surface area contributed by atoms with Gasteiger partial charge in [-0.05, 0) is 0 Å². The summed E-state index contributed by atoms with van der Waals surface area (Å²) in [5.74, 6) is 0. The summed E-state index contributed by atoms with van der Waals surface area (Å²) >= 11 is 0. The summed E-state index contributed by atoms with van der Waals surface area (Å²) in [5, 5.41) is 8.31. The lowest BCUT2D eigenvalue weighted by Crippen LogP contribution is -3.14. The van der Waals surface area contributed by atoms with E-state index in [0.717, 1.165) is 39.3 Å². The van der Waals surface area contributed by atoms with Crippen molar-refractivity contribution >= 4 is 0 Å². The fourth-order valence-corrected chi connectivity index (χ4v) is 1.33. The third-order valence-electron chi connectivity index (χ3n) is 2.02. The van der Waals surface area contributed by atoms with Crippen molar-refractivity contribution in [2.45, 2.75) is 12.8 Å². The van der Waals surface area contributed by atoms with Crippen LogP contribution in [0.3, 0.4) is 0 Å². The molecule has 1 aliphatic heterocycles. The Hall–Kier alpha value is -0.590. The zero-order valence-corrected chi connectivity index (χ0v) is 6.81. The van der Waals surface area contributed by atoms with Crippen LogP contribution in [0, 0.1) is 11.3 Å². The van der Waals surface area contributed by atoms with Crippen LogP contribution < -0.4 is 4.90 Å². The summed E-state index contributed by atoms with van der Waals surface area (Å²) in [5.41, 5.74) is 0. The minimum absolute atomic E-state index is 0.699. The molecule has 0 unspecified atom stereocenters. The van der Waals surface area contributed by atoms with Crippen molar-refractivity contribution in [3.8, 4) is 6.07 Å². The predicted molar refractivity (Wildman–Crippen MR) is 41.2 cm³/mol. The third kappa shape index (κ3) is 3.35. The second kappa shape index (κ2) is 5.11. The van der Waals surface area contributed by atoms with Crippen molar-refractivity contribution < 1.29 is 9.64 Å². The van der Waals surface area contributed by atoms with E-state index in [-0.39, 0.29) is 0 Å². The van der Waals surface area contributed by atoms with Gasteiger partial charge in [0.15, 0.2) is 0 Å². The van der Waals surface area contributed by atoms with Crippen LogP contribution in [0.1, 0.15) is 12.8 Å². The first kappa shape index (κ1) is 8.51. The first-order chi connectivity index (χ1) is 5.43. The number of hydrogen-bond donors (Lipinski definition) is 1. The normalized spacial score (nSPS) is 19.5. The number of rotatable bonds is 3. The van der Waals surface area contributed by atoms with E-state index in [2.05, 4.69) is 6.07 Å². The van der Waals surface area contributed by atoms with Crippen LogP contribution in [0.25, 0.3) is 0 Å². The maximum absolute atomic E-state index is 8.31. The van der Waals surface area contributed by atoms with Gasteiger partial charge in [-0.3, -0.25) is 0 Å². The molecule has 62 valence electrons. The molecule has 0 aromatic heterocycles. The monoisotopic (exact) mass is 155 g/mol. The van der Waals surface area contributed by atoms with E-state index in [1.54, 1.807) is 4.90 Å². The summed E-state index contributed by atoms with van der Waals surface area (Å²) in [6, 6.07) is 2.16. The molecule has 0 aromatic rings. The molecule has 1 rings (SSSR count). The highest BCUT2D eigenvalue weighted by Gasteiger charge is 2.12. The number of hydrogen-bond acceptors (Lipinski definition) is 2. The number of nitriles is 1. The molecule has 1 aliphatic rings. The molecule has 0 saturated carbocycles. The molecule has 0 radical (unpaired) electrons. The Labute approximate surface area is 67.6 Å². The van der Waals surface area contributed by atoms with Gasteiger partial charge in [-0.25, -0.2) is 0 Å². The molecular weight excluding hydrogens is 140 g/mol. The van der Waals surface area contributed by atoms with E-state index < -0.39 is 0 Å². The van der Waals surface area contributed by atoms with Crippen LogP contribution in [0.5, 0.6) is 0 Å². The molecule has 1 N–H and O–H groups in total. The lowest BCUT2D eigenvalue weighted by molar-refractivity contribution is -0.908. The average molecular weight is 155 g/mol. The van der Waals surface area contributed by atoms with Crippen molar-refractivity contribution in [3.05, 3.63) is 0 Å². The van der Waals surface area contributed by atoms with Gasteiger partial charge in [0, 0.05) is 12.8 Å². The Morgan fingerprint density at radius 3 is 2.73 bits per heavy atom. The number of ether oxygens (including phenoxy) is 1. The molecule has 11 heavy (non-hydrogen) atoms. The van der Waals surface area contributed by atoms with Crippen molar-refractivity contribution in [3.63, 3.8) is 0 Å². The number of unbranched alkanes of at least 4 members (excludes halogenated alkanes) is 1. The van der Waals surface area contributed by atoms with E-state index in [4.69, 9.17) is 10.00 Å². The number of nitrogens with zero attached hydrogens (tertiary/aromatic N) is 1. The van der Waals surface area contributed by atoms with E-state index >= 15 is 0 Å². The summed E-state index contributed by atoms with van der Waals surface area (Å²) in [6.07, 6.45) is 1.73. The summed E-state index contributed by atoms with van der Waals surface area (Å²) in [4.78, 5) is 1.59. The zero-order valence-electron chi connectivity index (χ0n) is 6.81. The first-order valence-electron chi connectivity index (χ1n) is 4.22.